The molecule has 0 radical (unpaired) electrons. The molecule has 1 aliphatic heterocycles. The minimum atomic E-state index is -0.350. The Hall–Kier alpha value is -2.34. The van der Waals surface area contributed by atoms with E-state index in [-0.39, 0.29) is 23.5 Å². The lowest BCUT2D eigenvalue weighted by Gasteiger charge is -2.07. The lowest BCUT2D eigenvalue weighted by atomic mass is 10.2. The van der Waals surface area contributed by atoms with E-state index < -0.39 is 0 Å². The molecule has 0 saturated heterocycles. The van der Waals surface area contributed by atoms with E-state index in [0.29, 0.717) is 18.0 Å². The van der Waals surface area contributed by atoms with Gasteiger partial charge in [0.1, 0.15) is 10.8 Å². The van der Waals surface area contributed by atoms with Crippen LogP contribution in [0, 0.1) is 0 Å². The molecule has 3 rings (SSSR count). The number of carbonyl (C=O) groups is 1. The number of benzene rings is 1. The number of carbonyl (C=O) groups excluding carboxylic acids is 1. The predicted octanol–water partition coefficient (Wildman–Crippen LogP) is 1.79. The Morgan fingerprint density at radius 1 is 1.35 bits per heavy atom. The molecule has 1 amide bonds. The van der Waals surface area contributed by atoms with Gasteiger partial charge in [0.05, 0.1) is 12.4 Å². The molecule has 20 heavy (non-hydrogen) atoms. The number of hydrogen-bond acceptors (Lipinski definition) is 5. The first-order chi connectivity index (χ1) is 9.74. The Morgan fingerprint density at radius 3 is 3.10 bits per heavy atom. The van der Waals surface area contributed by atoms with Crippen LogP contribution in [0.1, 0.15) is 16.1 Å². The average molecular weight is 292 g/mol. The summed E-state index contributed by atoms with van der Waals surface area (Å²) in [5.41, 5.74) is 1.01. The van der Waals surface area contributed by atoms with Gasteiger partial charge in [-0.05, 0) is 6.07 Å². The van der Waals surface area contributed by atoms with Crippen LogP contribution in [0.2, 0.25) is 5.15 Å². The summed E-state index contributed by atoms with van der Waals surface area (Å²) in [6.45, 7) is 0.500. The highest BCUT2D eigenvalue weighted by molar-refractivity contribution is 6.29. The number of nitrogens with zero attached hydrogens (tertiary/aromatic N) is 2. The molecule has 0 bridgehead atoms. The van der Waals surface area contributed by atoms with Crippen molar-refractivity contribution in [1.29, 1.82) is 0 Å². The number of rotatable bonds is 3. The lowest BCUT2D eigenvalue weighted by Crippen LogP contribution is -2.24. The van der Waals surface area contributed by atoms with Crippen LogP contribution in [0.15, 0.2) is 30.6 Å². The number of ether oxygens (including phenoxy) is 2. The van der Waals surface area contributed by atoms with E-state index in [1.807, 2.05) is 18.2 Å². The number of hydrogen-bond donors (Lipinski definition) is 1. The zero-order valence-electron chi connectivity index (χ0n) is 10.3. The molecule has 1 aromatic heterocycles. The van der Waals surface area contributed by atoms with Crippen LogP contribution in [-0.2, 0) is 6.54 Å². The van der Waals surface area contributed by atoms with Gasteiger partial charge in [0.2, 0.25) is 6.79 Å². The van der Waals surface area contributed by atoms with Crippen molar-refractivity contribution in [1.82, 2.24) is 15.3 Å². The van der Waals surface area contributed by atoms with Crippen LogP contribution in [0.3, 0.4) is 0 Å². The highest BCUT2D eigenvalue weighted by Gasteiger charge is 2.17. The molecule has 6 nitrogen and oxygen atoms in total. The van der Waals surface area contributed by atoms with Crippen LogP contribution >= 0.6 is 11.6 Å². The largest absolute Gasteiger partial charge is 0.454 e. The van der Waals surface area contributed by atoms with Crippen LogP contribution in [0.5, 0.6) is 11.5 Å². The summed E-state index contributed by atoms with van der Waals surface area (Å²) in [6, 6.07) is 5.52. The second-order valence-corrected chi connectivity index (χ2v) is 4.45. The van der Waals surface area contributed by atoms with Crippen LogP contribution in [-0.4, -0.2) is 22.7 Å². The number of amides is 1. The molecule has 0 aliphatic carbocycles. The van der Waals surface area contributed by atoms with E-state index in [1.54, 1.807) is 0 Å². The predicted molar refractivity (Wildman–Crippen MR) is 70.8 cm³/mol. The van der Waals surface area contributed by atoms with Gasteiger partial charge in [-0.3, -0.25) is 9.78 Å². The van der Waals surface area contributed by atoms with Gasteiger partial charge in [-0.2, -0.15) is 0 Å². The number of nitrogens with one attached hydrogen (secondary N) is 1. The quantitative estimate of drug-likeness (QED) is 0.933. The smallest absolute Gasteiger partial charge is 0.271 e. The van der Waals surface area contributed by atoms with Gasteiger partial charge in [-0.15, -0.1) is 0 Å². The van der Waals surface area contributed by atoms with Crippen LogP contribution < -0.4 is 14.8 Å². The highest BCUT2D eigenvalue weighted by atomic mass is 35.5. The Labute approximate surface area is 119 Å². The van der Waals surface area contributed by atoms with Crippen molar-refractivity contribution in [3.63, 3.8) is 0 Å². The molecule has 0 saturated carbocycles. The SMILES string of the molecule is O=C(NCc1cccc2c1OCO2)c1cncc(Cl)n1. The number of para-hydroxylation sites is 1. The Kier molecular flexibility index (Phi) is 3.39. The second kappa shape index (κ2) is 5.34. The van der Waals surface area contributed by atoms with Gasteiger partial charge in [-0.25, -0.2) is 4.98 Å². The van der Waals surface area contributed by atoms with Crippen molar-refractivity contribution in [2.75, 3.05) is 6.79 Å². The molecule has 0 atom stereocenters. The third-order valence-electron chi connectivity index (χ3n) is 2.76. The minimum absolute atomic E-state index is 0.169. The number of aromatic nitrogens is 2. The normalized spacial score (nSPS) is 12.2. The zero-order chi connectivity index (χ0) is 13.9. The van der Waals surface area contributed by atoms with Gasteiger partial charge >= 0.3 is 0 Å². The maximum Gasteiger partial charge on any atom is 0.271 e. The number of fused-ring (bicyclic) bond motifs is 1. The first kappa shape index (κ1) is 12.7. The Balaban J connectivity index is 1.71. The Bertz CT molecular complexity index is 663. The zero-order valence-corrected chi connectivity index (χ0v) is 11.1. The summed E-state index contributed by atoms with van der Waals surface area (Å²) in [6.07, 6.45) is 2.73. The maximum absolute atomic E-state index is 11.9. The average Bonchev–Trinajstić information content (AvgIpc) is 2.93. The Morgan fingerprint density at radius 2 is 2.25 bits per heavy atom. The van der Waals surface area contributed by atoms with E-state index in [4.69, 9.17) is 21.1 Å². The van der Waals surface area contributed by atoms with Crippen molar-refractivity contribution in [2.45, 2.75) is 6.54 Å². The molecule has 7 heteroatoms. The van der Waals surface area contributed by atoms with Crippen molar-refractivity contribution >= 4 is 17.5 Å². The topological polar surface area (TPSA) is 73.3 Å². The molecule has 1 N–H and O–H groups in total. The van der Waals surface area contributed by atoms with Gasteiger partial charge in [-0.1, -0.05) is 23.7 Å². The summed E-state index contributed by atoms with van der Waals surface area (Å²) < 4.78 is 10.6. The second-order valence-electron chi connectivity index (χ2n) is 4.06. The molecule has 102 valence electrons. The molecule has 2 heterocycles. The fourth-order valence-corrected chi connectivity index (χ4v) is 1.99. The molecular weight excluding hydrogens is 282 g/mol. The van der Waals surface area contributed by atoms with E-state index in [9.17, 15) is 4.79 Å². The summed E-state index contributed by atoms with van der Waals surface area (Å²) in [4.78, 5) is 19.6. The first-order valence-electron chi connectivity index (χ1n) is 5.87. The van der Waals surface area contributed by atoms with Crippen molar-refractivity contribution in [2.24, 2.45) is 0 Å². The minimum Gasteiger partial charge on any atom is -0.454 e. The fraction of sp³-hybridized carbons (Fsp3) is 0.154. The van der Waals surface area contributed by atoms with E-state index in [1.165, 1.54) is 12.4 Å². The van der Waals surface area contributed by atoms with Gasteiger partial charge in [0, 0.05) is 12.1 Å². The standard InChI is InChI=1S/C13H10ClN3O3/c14-11-6-15-5-9(17-11)13(18)16-4-8-2-1-3-10-12(8)20-7-19-10/h1-3,5-6H,4,7H2,(H,16,18). The summed E-state index contributed by atoms with van der Waals surface area (Å²) >= 11 is 5.69. The molecule has 0 fully saturated rings. The van der Waals surface area contributed by atoms with Crippen LogP contribution in [0.4, 0.5) is 0 Å². The molecule has 1 aromatic carbocycles. The monoisotopic (exact) mass is 291 g/mol. The molecule has 1 aliphatic rings. The first-order valence-corrected chi connectivity index (χ1v) is 6.25. The molecule has 2 aromatic rings. The van der Waals surface area contributed by atoms with E-state index in [0.717, 1.165) is 5.56 Å². The summed E-state index contributed by atoms with van der Waals surface area (Å²) in [5, 5.41) is 2.91. The highest BCUT2D eigenvalue weighted by Crippen LogP contribution is 2.35. The fourth-order valence-electron chi connectivity index (χ4n) is 1.85. The third-order valence-corrected chi connectivity index (χ3v) is 2.94. The van der Waals surface area contributed by atoms with E-state index in [2.05, 4.69) is 15.3 Å². The third kappa shape index (κ3) is 2.50. The molecule has 0 unspecified atom stereocenters. The maximum atomic E-state index is 11.9. The van der Waals surface area contributed by atoms with Crippen LogP contribution in [0.25, 0.3) is 0 Å². The van der Waals surface area contributed by atoms with Gasteiger partial charge in [0.25, 0.3) is 5.91 Å². The van der Waals surface area contributed by atoms with Crippen molar-refractivity contribution < 1.29 is 14.3 Å². The van der Waals surface area contributed by atoms with Gasteiger partial charge in [0.15, 0.2) is 11.5 Å². The van der Waals surface area contributed by atoms with E-state index >= 15 is 0 Å². The lowest BCUT2D eigenvalue weighted by molar-refractivity contribution is 0.0945. The number of halogens is 1. The summed E-state index contributed by atoms with van der Waals surface area (Å²) in [7, 11) is 0. The summed E-state index contributed by atoms with van der Waals surface area (Å²) in [5.74, 6) is 0.987. The molecular formula is C13H10ClN3O3. The molecule has 0 spiro atoms. The van der Waals surface area contributed by atoms with Crippen molar-refractivity contribution in [3.8, 4) is 11.5 Å². The van der Waals surface area contributed by atoms with Crippen molar-refractivity contribution in [3.05, 3.63) is 47.0 Å². The van der Waals surface area contributed by atoms with Gasteiger partial charge < -0.3 is 14.8 Å².